The molecule has 0 saturated heterocycles. The summed E-state index contributed by atoms with van der Waals surface area (Å²) >= 11 is 0. The average molecular weight is 323 g/mol. The molecule has 1 heterocycles. The number of carbonyl (C=O) groups excluding carboxylic acids is 1. The van der Waals surface area contributed by atoms with E-state index in [0.717, 1.165) is 11.3 Å². The molecule has 1 aliphatic rings. The predicted octanol–water partition coefficient (Wildman–Crippen LogP) is 2.14. The van der Waals surface area contributed by atoms with Crippen LogP contribution < -0.4 is 20.1 Å². The first-order valence-electron chi connectivity index (χ1n) is 7.50. The number of amides is 1. The molecule has 1 amide bonds. The molecule has 1 unspecified atom stereocenters. The van der Waals surface area contributed by atoms with Gasteiger partial charge in [0.25, 0.3) is 5.91 Å². The summed E-state index contributed by atoms with van der Waals surface area (Å²) < 4.78 is 11.1. The number of fused-ring (bicyclic) bond motifs is 1. The molecule has 3 rings (SSSR count). The first-order valence-corrected chi connectivity index (χ1v) is 7.50. The lowest BCUT2D eigenvalue weighted by Gasteiger charge is -2.33. The number of rotatable bonds is 4. The summed E-state index contributed by atoms with van der Waals surface area (Å²) in [5.41, 5.74) is 7.75. The molecule has 2 N–H and O–H groups in total. The monoisotopic (exact) mass is 323 g/mol. The number of anilines is 2. The molecule has 122 valence electrons. The van der Waals surface area contributed by atoms with Gasteiger partial charge >= 0.3 is 0 Å². The highest BCUT2D eigenvalue weighted by Gasteiger charge is 2.34. The van der Waals surface area contributed by atoms with E-state index < -0.39 is 6.10 Å². The second-order valence-corrected chi connectivity index (χ2v) is 5.47. The molecule has 2 aromatic rings. The molecule has 0 aliphatic carbocycles. The van der Waals surface area contributed by atoms with E-state index in [-0.39, 0.29) is 12.5 Å². The molecule has 1 aliphatic heterocycles. The molecule has 24 heavy (non-hydrogen) atoms. The highest BCUT2D eigenvalue weighted by atomic mass is 16.5. The Bertz CT molecular complexity index is 813. The minimum Gasteiger partial charge on any atom is -0.497 e. The van der Waals surface area contributed by atoms with Crippen molar-refractivity contribution in [3.63, 3.8) is 0 Å². The van der Waals surface area contributed by atoms with Gasteiger partial charge < -0.3 is 15.2 Å². The molecular weight excluding hydrogens is 306 g/mol. The SMILES string of the molecule is COc1cccc(CC2Oc3ccc(N)cc3N(CC#N)C2=O)c1. The maximum atomic E-state index is 12.7. The van der Waals surface area contributed by atoms with Crippen molar-refractivity contribution in [2.45, 2.75) is 12.5 Å². The number of nitrogen functional groups attached to an aromatic ring is 1. The zero-order chi connectivity index (χ0) is 17.1. The number of nitriles is 1. The Morgan fingerprint density at radius 1 is 1.33 bits per heavy atom. The van der Waals surface area contributed by atoms with Gasteiger partial charge in [0.1, 0.15) is 18.0 Å². The van der Waals surface area contributed by atoms with Crippen molar-refractivity contribution in [2.24, 2.45) is 0 Å². The molecule has 1 atom stereocenters. The lowest BCUT2D eigenvalue weighted by molar-refractivity contribution is -0.126. The van der Waals surface area contributed by atoms with Gasteiger partial charge in [-0.1, -0.05) is 12.1 Å². The molecule has 6 nitrogen and oxygen atoms in total. The van der Waals surface area contributed by atoms with E-state index >= 15 is 0 Å². The summed E-state index contributed by atoms with van der Waals surface area (Å²) in [6.45, 7) is -0.0484. The van der Waals surface area contributed by atoms with Crippen molar-refractivity contribution in [2.75, 3.05) is 24.3 Å². The zero-order valence-corrected chi connectivity index (χ0v) is 13.2. The van der Waals surface area contributed by atoms with Crippen LogP contribution in [0, 0.1) is 11.3 Å². The highest BCUT2D eigenvalue weighted by Crippen LogP contribution is 2.36. The van der Waals surface area contributed by atoms with Crippen LogP contribution in [0.1, 0.15) is 5.56 Å². The molecule has 0 bridgehead atoms. The number of ether oxygens (including phenoxy) is 2. The normalized spacial score (nSPS) is 16.1. The van der Waals surface area contributed by atoms with Crippen LogP contribution in [0.25, 0.3) is 0 Å². The fourth-order valence-electron chi connectivity index (χ4n) is 2.72. The van der Waals surface area contributed by atoms with Gasteiger partial charge in [-0.05, 0) is 35.9 Å². The Morgan fingerprint density at radius 2 is 2.17 bits per heavy atom. The number of benzene rings is 2. The van der Waals surface area contributed by atoms with Crippen molar-refractivity contribution in [3.05, 3.63) is 48.0 Å². The minimum atomic E-state index is -0.693. The van der Waals surface area contributed by atoms with Gasteiger partial charge in [-0.15, -0.1) is 0 Å². The Hall–Kier alpha value is -3.20. The van der Waals surface area contributed by atoms with Gasteiger partial charge in [-0.3, -0.25) is 9.69 Å². The van der Waals surface area contributed by atoms with Gasteiger partial charge in [0.05, 0.1) is 18.9 Å². The number of hydrogen-bond donors (Lipinski definition) is 1. The van der Waals surface area contributed by atoms with E-state index in [1.165, 1.54) is 4.90 Å². The lowest BCUT2D eigenvalue weighted by Crippen LogP contribution is -2.47. The topological polar surface area (TPSA) is 88.6 Å². The van der Waals surface area contributed by atoms with Crippen LogP contribution in [0.3, 0.4) is 0 Å². The maximum Gasteiger partial charge on any atom is 0.269 e. The van der Waals surface area contributed by atoms with Crippen molar-refractivity contribution in [1.29, 1.82) is 5.26 Å². The van der Waals surface area contributed by atoms with Crippen molar-refractivity contribution < 1.29 is 14.3 Å². The second-order valence-electron chi connectivity index (χ2n) is 5.47. The second kappa shape index (κ2) is 6.50. The Labute approximate surface area is 140 Å². The van der Waals surface area contributed by atoms with Crippen LogP contribution in [0.2, 0.25) is 0 Å². The van der Waals surface area contributed by atoms with Crippen molar-refractivity contribution in [3.8, 4) is 17.6 Å². The minimum absolute atomic E-state index is 0.0484. The molecule has 0 spiro atoms. The molecule has 2 aromatic carbocycles. The fourth-order valence-corrected chi connectivity index (χ4v) is 2.72. The fraction of sp³-hybridized carbons (Fsp3) is 0.222. The van der Waals surface area contributed by atoms with Crippen molar-refractivity contribution in [1.82, 2.24) is 0 Å². The summed E-state index contributed by atoms with van der Waals surface area (Å²) in [6.07, 6.45) is -0.302. The van der Waals surface area contributed by atoms with Crippen LogP contribution in [0.15, 0.2) is 42.5 Å². The van der Waals surface area contributed by atoms with E-state index in [1.807, 2.05) is 30.3 Å². The van der Waals surface area contributed by atoms with Gasteiger partial charge in [-0.2, -0.15) is 5.26 Å². The van der Waals surface area contributed by atoms with Crippen LogP contribution in [-0.2, 0) is 11.2 Å². The van der Waals surface area contributed by atoms with Crippen LogP contribution in [0.5, 0.6) is 11.5 Å². The van der Waals surface area contributed by atoms with E-state index in [0.29, 0.717) is 23.5 Å². The third kappa shape index (κ3) is 2.97. The molecule has 0 saturated carbocycles. The molecule has 0 aromatic heterocycles. The molecule has 0 radical (unpaired) electrons. The standard InChI is InChI=1S/C18H17N3O3/c1-23-14-4-2-3-12(9-14)10-17-18(22)21(8-7-19)15-11-13(20)5-6-16(15)24-17/h2-6,9,11,17H,8,10,20H2,1H3. The lowest BCUT2D eigenvalue weighted by atomic mass is 10.0. The highest BCUT2D eigenvalue weighted by molar-refractivity contribution is 6.01. The van der Waals surface area contributed by atoms with Gasteiger partial charge in [0.2, 0.25) is 0 Å². The van der Waals surface area contributed by atoms with Crippen molar-refractivity contribution >= 4 is 17.3 Å². The van der Waals surface area contributed by atoms with E-state index in [1.54, 1.807) is 25.3 Å². The summed E-state index contributed by atoms with van der Waals surface area (Å²) in [4.78, 5) is 14.1. The smallest absolute Gasteiger partial charge is 0.269 e. The van der Waals surface area contributed by atoms with Crippen LogP contribution in [0.4, 0.5) is 11.4 Å². The third-order valence-corrected chi connectivity index (χ3v) is 3.87. The largest absolute Gasteiger partial charge is 0.497 e. The van der Waals surface area contributed by atoms with E-state index in [9.17, 15) is 4.79 Å². The van der Waals surface area contributed by atoms with Gasteiger partial charge in [0, 0.05) is 12.1 Å². The Kier molecular flexibility index (Phi) is 4.25. The van der Waals surface area contributed by atoms with Gasteiger partial charge in [-0.25, -0.2) is 0 Å². The van der Waals surface area contributed by atoms with E-state index in [4.69, 9.17) is 20.5 Å². The van der Waals surface area contributed by atoms with Gasteiger partial charge in [0.15, 0.2) is 6.10 Å². The summed E-state index contributed by atoms with van der Waals surface area (Å²) in [5.74, 6) is 1.02. The Morgan fingerprint density at radius 3 is 2.92 bits per heavy atom. The number of nitrogens with zero attached hydrogens (tertiary/aromatic N) is 2. The summed E-state index contributed by atoms with van der Waals surface area (Å²) in [5, 5.41) is 9.04. The third-order valence-electron chi connectivity index (χ3n) is 3.87. The number of methoxy groups -OCH3 is 1. The first kappa shape index (κ1) is 15.7. The molecule has 6 heteroatoms. The number of carbonyl (C=O) groups is 1. The van der Waals surface area contributed by atoms with Crippen LogP contribution >= 0.6 is 0 Å². The predicted molar refractivity (Wildman–Crippen MR) is 89.9 cm³/mol. The maximum absolute atomic E-state index is 12.7. The number of nitrogens with two attached hydrogens (primary N) is 1. The average Bonchev–Trinajstić information content (AvgIpc) is 2.59. The molecule has 0 fully saturated rings. The Balaban J connectivity index is 1.91. The first-order chi connectivity index (χ1) is 11.6. The summed E-state index contributed by atoms with van der Waals surface area (Å²) in [6, 6.07) is 14.6. The number of hydrogen-bond acceptors (Lipinski definition) is 5. The van der Waals surface area contributed by atoms with Crippen LogP contribution in [-0.4, -0.2) is 25.7 Å². The molecular formula is C18H17N3O3. The summed E-state index contributed by atoms with van der Waals surface area (Å²) in [7, 11) is 1.59. The zero-order valence-electron chi connectivity index (χ0n) is 13.2. The van der Waals surface area contributed by atoms with E-state index in [2.05, 4.69) is 0 Å². The quantitative estimate of drug-likeness (QED) is 0.688.